The van der Waals surface area contributed by atoms with Crippen molar-refractivity contribution in [2.45, 2.75) is 39.3 Å². The zero-order chi connectivity index (χ0) is 21.1. The second-order valence-corrected chi connectivity index (χ2v) is 8.92. The minimum absolute atomic E-state index is 0.107. The van der Waals surface area contributed by atoms with Crippen LogP contribution in [0.25, 0.3) is 0 Å². The van der Waals surface area contributed by atoms with Gasteiger partial charge in [-0.15, -0.1) is 0 Å². The van der Waals surface area contributed by atoms with Gasteiger partial charge in [-0.1, -0.05) is 23.7 Å². The van der Waals surface area contributed by atoms with Gasteiger partial charge >= 0.3 is 0 Å². The SMILES string of the molecule is CCN(CC)C(=O)c1ccc(N(Cc2cccc(Cl)c2)C2CN3CCC2CC3)cc1. The Bertz CT molecular complexity index is 857. The predicted molar refractivity (Wildman–Crippen MR) is 124 cm³/mol. The summed E-state index contributed by atoms with van der Waals surface area (Å²) in [5.41, 5.74) is 3.17. The molecule has 4 nitrogen and oxygen atoms in total. The average Bonchev–Trinajstić information content (AvgIpc) is 2.79. The smallest absolute Gasteiger partial charge is 0.253 e. The zero-order valence-electron chi connectivity index (χ0n) is 18.1. The molecule has 2 aromatic rings. The number of amides is 1. The number of carbonyl (C=O) groups excluding carboxylic acids is 1. The van der Waals surface area contributed by atoms with Gasteiger partial charge in [0, 0.05) is 48.5 Å². The number of rotatable bonds is 7. The molecule has 160 valence electrons. The van der Waals surface area contributed by atoms with Crippen LogP contribution in [-0.2, 0) is 6.54 Å². The van der Waals surface area contributed by atoms with E-state index in [1.807, 2.05) is 43.0 Å². The Morgan fingerprint density at radius 3 is 2.33 bits per heavy atom. The molecule has 1 atom stereocenters. The number of halogens is 1. The fourth-order valence-corrected chi connectivity index (χ4v) is 5.22. The van der Waals surface area contributed by atoms with E-state index in [0.717, 1.165) is 42.7 Å². The third-order valence-corrected chi connectivity index (χ3v) is 7.00. The summed E-state index contributed by atoms with van der Waals surface area (Å²) in [6, 6.07) is 16.9. The van der Waals surface area contributed by atoms with Crippen molar-refractivity contribution < 1.29 is 4.79 Å². The molecule has 0 saturated carbocycles. The number of carbonyl (C=O) groups is 1. The number of hydrogen-bond donors (Lipinski definition) is 0. The molecule has 5 rings (SSSR count). The molecule has 0 N–H and O–H groups in total. The normalized spacial score (nSPS) is 22.7. The lowest BCUT2D eigenvalue weighted by Gasteiger charge is -2.50. The van der Waals surface area contributed by atoms with Gasteiger partial charge in [0.2, 0.25) is 0 Å². The summed E-state index contributed by atoms with van der Waals surface area (Å²) in [6.45, 7) is 9.91. The molecule has 3 aliphatic rings. The van der Waals surface area contributed by atoms with Crippen molar-refractivity contribution in [3.05, 3.63) is 64.7 Å². The molecule has 2 bridgehead atoms. The third-order valence-electron chi connectivity index (χ3n) is 6.76. The van der Waals surface area contributed by atoms with Gasteiger partial charge in [-0.25, -0.2) is 0 Å². The fourth-order valence-electron chi connectivity index (χ4n) is 5.01. The monoisotopic (exact) mass is 425 g/mol. The van der Waals surface area contributed by atoms with Crippen LogP contribution >= 0.6 is 11.6 Å². The van der Waals surface area contributed by atoms with Gasteiger partial charge in [0.05, 0.1) is 0 Å². The molecule has 2 aromatic carbocycles. The van der Waals surface area contributed by atoms with E-state index in [-0.39, 0.29) is 5.91 Å². The van der Waals surface area contributed by atoms with E-state index >= 15 is 0 Å². The van der Waals surface area contributed by atoms with Gasteiger partial charge < -0.3 is 14.7 Å². The molecule has 0 aliphatic carbocycles. The van der Waals surface area contributed by atoms with Crippen molar-refractivity contribution >= 4 is 23.2 Å². The third kappa shape index (κ3) is 4.50. The first-order valence-electron chi connectivity index (χ1n) is 11.2. The molecule has 3 fully saturated rings. The van der Waals surface area contributed by atoms with Gasteiger partial charge in [-0.2, -0.15) is 0 Å². The van der Waals surface area contributed by atoms with Crippen LogP contribution in [0.5, 0.6) is 0 Å². The van der Waals surface area contributed by atoms with Crippen molar-refractivity contribution in [3.8, 4) is 0 Å². The van der Waals surface area contributed by atoms with E-state index < -0.39 is 0 Å². The number of anilines is 1. The van der Waals surface area contributed by atoms with E-state index in [1.165, 1.54) is 37.2 Å². The maximum Gasteiger partial charge on any atom is 0.253 e. The number of piperidine rings is 3. The van der Waals surface area contributed by atoms with E-state index in [4.69, 9.17) is 11.6 Å². The highest BCUT2D eigenvalue weighted by molar-refractivity contribution is 6.30. The molecule has 0 radical (unpaired) electrons. The first kappa shape index (κ1) is 21.2. The van der Waals surface area contributed by atoms with Crippen molar-refractivity contribution in [2.75, 3.05) is 37.6 Å². The standard InChI is InChI=1S/C25H32ClN3O/c1-3-28(4-2)25(30)21-8-10-23(11-9-21)29(17-19-6-5-7-22(26)16-19)24-18-27-14-12-20(24)13-15-27/h5-11,16,20,24H,3-4,12-15,17-18H2,1-2H3. The van der Waals surface area contributed by atoms with Crippen molar-refractivity contribution in [1.29, 1.82) is 0 Å². The number of hydrogen-bond acceptors (Lipinski definition) is 3. The maximum atomic E-state index is 12.7. The summed E-state index contributed by atoms with van der Waals surface area (Å²) < 4.78 is 0. The van der Waals surface area contributed by atoms with E-state index in [2.05, 4.69) is 34.1 Å². The molecule has 3 heterocycles. The van der Waals surface area contributed by atoms with Crippen LogP contribution in [0, 0.1) is 5.92 Å². The van der Waals surface area contributed by atoms with Crippen LogP contribution in [0.4, 0.5) is 5.69 Å². The van der Waals surface area contributed by atoms with Gasteiger partial charge in [-0.3, -0.25) is 4.79 Å². The largest absolute Gasteiger partial charge is 0.363 e. The minimum atomic E-state index is 0.107. The topological polar surface area (TPSA) is 26.8 Å². The van der Waals surface area contributed by atoms with E-state index in [1.54, 1.807) is 0 Å². The van der Waals surface area contributed by atoms with Gasteiger partial charge in [0.15, 0.2) is 0 Å². The van der Waals surface area contributed by atoms with Crippen LogP contribution < -0.4 is 4.90 Å². The molecule has 30 heavy (non-hydrogen) atoms. The lowest BCUT2D eigenvalue weighted by molar-refractivity contribution is 0.0773. The first-order valence-corrected chi connectivity index (χ1v) is 11.6. The first-order chi connectivity index (χ1) is 14.6. The average molecular weight is 426 g/mol. The Kier molecular flexibility index (Phi) is 6.64. The van der Waals surface area contributed by atoms with Gasteiger partial charge in [0.1, 0.15) is 0 Å². The number of fused-ring (bicyclic) bond motifs is 3. The molecule has 3 aliphatic heterocycles. The summed E-state index contributed by atoms with van der Waals surface area (Å²) >= 11 is 6.27. The quantitative estimate of drug-likeness (QED) is 0.629. The predicted octanol–water partition coefficient (Wildman–Crippen LogP) is 4.92. The minimum Gasteiger partial charge on any atom is -0.363 e. The Morgan fingerprint density at radius 1 is 1.07 bits per heavy atom. The zero-order valence-corrected chi connectivity index (χ0v) is 18.8. The van der Waals surface area contributed by atoms with E-state index in [0.29, 0.717) is 6.04 Å². The summed E-state index contributed by atoms with van der Waals surface area (Å²) in [5.74, 6) is 0.835. The second kappa shape index (κ2) is 9.40. The molecule has 1 unspecified atom stereocenters. The highest BCUT2D eigenvalue weighted by Crippen LogP contribution is 2.34. The van der Waals surface area contributed by atoms with Gasteiger partial charge in [-0.05, 0) is 87.7 Å². The van der Waals surface area contributed by atoms with Crippen LogP contribution in [0.15, 0.2) is 48.5 Å². The molecular weight excluding hydrogens is 394 g/mol. The molecule has 3 saturated heterocycles. The van der Waals surface area contributed by atoms with Crippen LogP contribution in [-0.4, -0.2) is 54.5 Å². The Balaban J connectivity index is 1.61. The summed E-state index contributed by atoms with van der Waals surface area (Å²) in [7, 11) is 0. The van der Waals surface area contributed by atoms with Crippen LogP contribution in [0.1, 0.15) is 42.6 Å². The van der Waals surface area contributed by atoms with Crippen molar-refractivity contribution in [2.24, 2.45) is 5.92 Å². The lowest BCUT2D eigenvalue weighted by atomic mass is 9.82. The summed E-state index contributed by atoms with van der Waals surface area (Å²) in [6.07, 6.45) is 2.55. The Morgan fingerprint density at radius 2 is 1.77 bits per heavy atom. The van der Waals surface area contributed by atoms with Crippen molar-refractivity contribution in [1.82, 2.24) is 9.80 Å². The van der Waals surface area contributed by atoms with Crippen LogP contribution in [0.3, 0.4) is 0 Å². The van der Waals surface area contributed by atoms with Crippen molar-refractivity contribution in [3.63, 3.8) is 0 Å². The molecule has 5 heteroatoms. The molecule has 0 spiro atoms. The Labute approximate surface area is 185 Å². The number of benzene rings is 2. The molecule has 0 aromatic heterocycles. The second-order valence-electron chi connectivity index (χ2n) is 8.49. The van der Waals surface area contributed by atoms with Gasteiger partial charge in [0.25, 0.3) is 5.91 Å². The maximum absolute atomic E-state index is 12.7. The molecule has 1 amide bonds. The fraction of sp³-hybridized carbons (Fsp3) is 0.480. The summed E-state index contributed by atoms with van der Waals surface area (Å²) in [4.78, 5) is 19.7. The highest BCUT2D eigenvalue weighted by atomic mass is 35.5. The number of nitrogens with zero attached hydrogens (tertiary/aromatic N) is 3. The molecular formula is C25H32ClN3O. The highest BCUT2D eigenvalue weighted by Gasteiger charge is 2.37. The summed E-state index contributed by atoms with van der Waals surface area (Å²) in [5, 5.41) is 0.779. The van der Waals surface area contributed by atoms with E-state index in [9.17, 15) is 4.79 Å². The lowest BCUT2D eigenvalue weighted by Crippen LogP contribution is -2.57. The Hall–Kier alpha value is -2.04. The van der Waals surface area contributed by atoms with Crippen LogP contribution in [0.2, 0.25) is 5.02 Å².